The zero-order chi connectivity index (χ0) is 13.1. The van der Waals surface area contributed by atoms with E-state index in [1.807, 2.05) is 39.1 Å². The molecule has 2 aromatic rings. The van der Waals surface area contributed by atoms with E-state index in [9.17, 15) is 5.11 Å². The second kappa shape index (κ2) is 5.08. The molecule has 1 aromatic carbocycles. The molecule has 0 saturated heterocycles. The van der Waals surface area contributed by atoms with Crippen molar-refractivity contribution >= 4 is 5.69 Å². The molecular formula is C15H18N2O. The highest BCUT2D eigenvalue weighted by Crippen LogP contribution is 2.25. The minimum absolute atomic E-state index is 0.339. The van der Waals surface area contributed by atoms with E-state index in [1.165, 1.54) is 0 Å². The Bertz CT molecular complexity index is 547. The van der Waals surface area contributed by atoms with Gasteiger partial charge in [0.15, 0.2) is 0 Å². The lowest BCUT2D eigenvalue weighted by atomic mass is 10.1. The van der Waals surface area contributed by atoms with Crippen LogP contribution in [-0.4, -0.2) is 10.1 Å². The van der Waals surface area contributed by atoms with Crippen LogP contribution in [0.15, 0.2) is 30.5 Å². The maximum Gasteiger partial charge on any atom is 0.118 e. The highest BCUT2D eigenvalue weighted by Gasteiger charge is 2.03. The summed E-state index contributed by atoms with van der Waals surface area (Å²) in [6.45, 7) is 6.58. The molecule has 0 aliphatic heterocycles. The van der Waals surface area contributed by atoms with Gasteiger partial charge in [0.25, 0.3) is 0 Å². The van der Waals surface area contributed by atoms with Gasteiger partial charge in [-0.15, -0.1) is 0 Å². The number of anilines is 1. The maximum atomic E-state index is 9.60. The Labute approximate surface area is 108 Å². The van der Waals surface area contributed by atoms with Crippen molar-refractivity contribution in [3.8, 4) is 5.75 Å². The molecule has 0 aliphatic rings. The first-order valence-electron chi connectivity index (χ1n) is 6.02. The Hall–Kier alpha value is -2.03. The van der Waals surface area contributed by atoms with E-state index in [0.717, 1.165) is 28.1 Å². The fourth-order valence-corrected chi connectivity index (χ4v) is 1.78. The second-order valence-electron chi connectivity index (χ2n) is 4.63. The number of benzene rings is 1. The van der Waals surface area contributed by atoms with Crippen molar-refractivity contribution in [3.05, 3.63) is 52.8 Å². The summed E-state index contributed by atoms with van der Waals surface area (Å²) >= 11 is 0. The second-order valence-corrected chi connectivity index (χ2v) is 4.63. The third kappa shape index (κ3) is 2.80. The molecule has 0 bridgehead atoms. The first-order chi connectivity index (χ1) is 8.56. The van der Waals surface area contributed by atoms with Crippen LogP contribution in [0.25, 0.3) is 0 Å². The standard InChI is InChI=1S/C15H18N2O/c1-10-4-5-13(16-8-10)9-17-14-6-12(3)15(18)7-11(14)2/h4-8,17-18H,9H2,1-3H3. The van der Waals surface area contributed by atoms with Gasteiger partial charge in [0.05, 0.1) is 12.2 Å². The Morgan fingerprint density at radius 1 is 1.11 bits per heavy atom. The number of aromatic hydroxyl groups is 1. The topological polar surface area (TPSA) is 45.1 Å². The third-order valence-electron chi connectivity index (χ3n) is 2.98. The fourth-order valence-electron chi connectivity index (χ4n) is 1.78. The molecule has 1 heterocycles. The van der Waals surface area contributed by atoms with E-state index in [2.05, 4.69) is 16.4 Å². The number of nitrogens with zero attached hydrogens (tertiary/aromatic N) is 1. The summed E-state index contributed by atoms with van der Waals surface area (Å²) in [4.78, 5) is 4.35. The summed E-state index contributed by atoms with van der Waals surface area (Å²) in [6.07, 6.45) is 1.87. The number of phenolic OH excluding ortho intramolecular Hbond substituents is 1. The fraction of sp³-hybridized carbons (Fsp3) is 0.267. The first-order valence-corrected chi connectivity index (χ1v) is 6.02. The van der Waals surface area contributed by atoms with E-state index in [0.29, 0.717) is 12.3 Å². The number of hydrogen-bond donors (Lipinski definition) is 2. The number of aryl methyl sites for hydroxylation is 3. The number of nitrogens with one attached hydrogen (secondary N) is 1. The number of phenols is 1. The third-order valence-corrected chi connectivity index (χ3v) is 2.98. The lowest BCUT2D eigenvalue weighted by Gasteiger charge is -2.11. The van der Waals surface area contributed by atoms with Gasteiger partial charge in [-0.1, -0.05) is 6.07 Å². The number of pyridine rings is 1. The Balaban J connectivity index is 2.10. The number of aromatic nitrogens is 1. The van der Waals surface area contributed by atoms with Crippen LogP contribution >= 0.6 is 0 Å². The predicted molar refractivity (Wildman–Crippen MR) is 73.9 cm³/mol. The quantitative estimate of drug-likeness (QED) is 0.811. The largest absolute Gasteiger partial charge is 0.508 e. The number of hydrogen-bond acceptors (Lipinski definition) is 3. The van der Waals surface area contributed by atoms with Crippen LogP contribution < -0.4 is 5.32 Å². The summed E-state index contributed by atoms with van der Waals surface area (Å²) in [6, 6.07) is 7.81. The van der Waals surface area contributed by atoms with Crippen LogP contribution in [0.3, 0.4) is 0 Å². The molecule has 94 valence electrons. The highest BCUT2D eigenvalue weighted by atomic mass is 16.3. The van der Waals surface area contributed by atoms with Crippen molar-refractivity contribution in [2.75, 3.05) is 5.32 Å². The van der Waals surface area contributed by atoms with Crippen LogP contribution in [-0.2, 0) is 6.54 Å². The number of rotatable bonds is 3. The van der Waals surface area contributed by atoms with Crippen LogP contribution in [0.4, 0.5) is 5.69 Å². The van der Waals surface area contributed by atoms with E-state index in [1.54, 1.807) is 6.07 Å². The Kier molecular flexibility index (Phi) is 3.51. The van der Waals surface area contributed by atoms with E-state index >= 15 is 0 Å². The lowest BCUT2D eigenvalue weighted by Crippen LogP contribution is -2.03. The normalized spacial score (nSPS) is 10.4. The molecule has 3 heteroatoms. The summed E-state index contributed by atoms with van der Waals surface area (Å²) < 4.78 is 0. The summed E-state index contributed by atoms with van der Waals surface area (Å²) in [7, 11) is 0. The minimum Gasteiger partial charge on any atom is -0.508 e. The molecule has 1 aromatic heterocycles. The smallest absolute Gasteiger partial charge is 0.118 e. The Morgan fingerprint density at radius 2 is 1.89 bits per heavy atom. The van der Waals surface area contributed by atoms with Gasteiger partial charge in [-0.05, 0) is 55.7 Å². The zero-order valence-corrected chi connectivity index (χ0v) is 11.0. The molecule has 0 aliphatic carbocycles. The van der Waals surface area contributed by atoms with Crippen molar-refractivity contribution in [3.63, 3.8) is 0 Å². The van der Waals surface area contributed by atoms with Crippen molar-refractivity contribution in [1.29, 1.82) is 0 Å². The highest BCUT2D eigenvalue weighted by molar-refractivity contribution is 5.56. The van der Waals surface area contributed by atoms with Gasteiger partial charge in [0, 0.05) is 11.9 Å². The van der Waals surface area contributed by atoms with Crippen LogP contribution in [0, 0.1) is 20.8 Å². The van der Waals surface area contributed by atoms with E-state index < -0.39 is 0 Å². The maximum absolute atomic E-state index is 9.60. The van der Waals surface area contributed by atoms with Crippen LogP contribution in [0.2, 0.25) is 0 Å². The molecule has 0 unspecified atom stereocenters. The zero-order valence-electron chi connectivity index (χ0n) is 11.0. The van der Waals surface area contributed by atoms with Gasteiger partial charge in [0.2, 0.25) is 0 Å². The van der Waals surface area contributed by atoms with Gasteiger partial charge < -0.3 is 10.4 Å². The summed E-state index contributed by atoms with van der Waals surface area (Å²) in [5.74, 6) is 0.339. The molecule has 0 atom stereocenters. The van der Waals surface area contributed by atoms with Gasteiger partial charge in [-0.3, -0.25) is 4.98 Å². The lowest BCUT2D eigenvalue weighted by molar-refractivity contribution is 0.471. The summed E-state index contributed by atoms with van der Waals surface area (Å²) in [5.41, 5.74) is 5.11. The van der Waals surface area contributed by atoms with Crippen LogP contribution in [0.5, 0.6) is 5.75 Å². The molecule has 0 fully saturated rings. The molecule has 2 N–H and O–H groups in total. The minimum atomic E-state index is 0.339. The molecule has 0 amide bonds. The Morgan fingerprint density at radius 3 is 2.56 bits per heavy atom. The van der Waals surface area contributed by atoms with Crippen molar-refractivity contribution < 1.29 is 5.11 Å². The van der Waals surface area contributed by atoms with Gasteiger partial charge in [-0.2, -0.15) is 0 Å². The van der Waals surface area contributed by atoms with Crippen LogP contribution in [0.1, 0.15) is 22.4 Å². The molecule has 2 rings (SSSR count). The van der Waals surface area contributed by atoms with Gasteiger partial charge in [-0.25, -0.2) is 0 Å². The van der Waals surface area contributed by atoms with Crippen molar-refractivity contribution in [2.24, 2.45) is 0 Å². The first kappa shape index (κ1) is 12.4. The molecule has 18 heavy (non-hydrogen) atoms. The van der Waals surface area contributed by atoms with E-state index in [-0.39, 0.29) is 0 Å². The molecule has 3 nitrogen and oxygen atoms in total. The van der Waals surface area contributed by atoms with Gasteiger partial charge in [0.1, 0.15) is 5.75 Å². The van der Waals surface area contributed by atoms with E-state index in [4.69, 9.17) is 0 Å². The molecule has 0 spiro atoms. The summed E-state index contributed by atoms with van der Waals surface area (Å²) in [5, 5.41) is 12.9. The SMILES string of the molecule is Cc1ccc(CNc2cc(C)c(O)cc2C)nc1. The average molecular weight is 242 g/mol. The molecule has 0 radical (unpaired) electrons. The molecular weight excluding hydrogens is 224 g/mol. The van der Waals surface area contributed by atoms with Gasteiger partial charge >= 0.3 is 0 Å². The van der Waals surface area contributed by atoms with Crippen molar-refractivity contribution in [2.45, 2.75) is 27.3 Å². The average Bonchev–Trinajstić information content (AvgIpc) is 2.34. The molecule has 0 saturated carbocycles. The predicted octanol–water partition coefficient (Wildman–Crippen LogP) is 3.32. The monoisotopic (exact) mass is 242 g/mol. The van der Waals surface area contributed by atoms with Crippen molar-refractivity contribution in [1.82, 2.24) is 4.98 Å².